The standard InChI is InChI=1S/C13H16N2O/c1-10-8-15(9-11-4-3-7-16-11)13-12(10)5-2-6-14-13/h2,5-6,8,11H,3-4,7,9H2,1H3. The fraction of sp³-hybridized carbons (Fsp3) is 0.462. The maximum absolute atomic E-state index is 5.67. The summed E-state index contributed by atoms with van der Waals surface area (Å²) in [7, 11) is 0. The number of hydrogen-bond acceptors (Lipinski definition) is 2. The van der Waals surface area contributed by atoms with Gasteiger partial charge in [0.2, 0.25) is 0 Å². The summed E-state index contributed by atoms with van der Waals surface area (Å²) in [5.41, 5.74) is 2.37. The van der Waals surface area contributed by atoms with E-state index in [1.807, 2.05) is 12.3 Å². The molecule has 0 radical (unpaired) electrons. The Kier molecular flexibility index (Phi) is 2.40. The van der Waals surface area contributed by atoms with E-state index in [-0.39, 0.29) is 0 Å². The molecule has 1 aliphatic heterocycles. The zero-order chi connectivity index (χ0) is 11.0. The summed E-state index contributed by atoms with van der Waals surface area (Å²) in [5, 5.41) is 1.25. The van der Waals surface area contributed by atoms with Gasteiger partial charge in [0.05, 0.1) is 12.6 Å². The molecule has 0 aliphatic carbocycles. The van der Waals surface area contributed by atoms with Gasteiger partial charge >= 0.3 is 0 Å². The molecule has 2 aromatic heterocycles. The van der Waals surface area contributed by atoms with E-state index in [4.69, 9.17) is 4.74 Å². The van der Waals surface area contributed by atoms with Crippen molar-refractivity contribution in [2.75, 3.05) is 6.61 Å². The number of aryl methyl sites for hydroxylation is 1. The van der Waals surface area contributed by atoms with Crippen molar-refractivity contribution in [2.45, 2.75) is 32.4 Å². The molecule has 0 amide bonds. The molecule has 2 aromatic rings. The number of ether oxygens (including phenoxy) is 1. The quantitative estimate of drug-likeness (QED) is 0.771. The van der Waals surface area contributed by atoms with Crippen LogP contribution in [0.2, 0.25) is 0 Å². The summed E-state index contributed by atoms with van der Waals surface area (Å²) in [6.07, 6.45) is 6.77. The molecule has 0 saturated carbocycles. The topological polar surface area (TPSA) is 27.1 Å². The van der Waals surface area contributed by atoms with Gasteiger partial charge in [0, 0.05) is 24.4 Å². The van der Waals surface area contributed by atoms with E-state index in [1.54, 1.807) is 0 Å². The molecule has 3 rings (SSSR count). The van der Waals surface area contributed by atoms with Gasteiger partial charge < -0.3 is 9.30 Å². The number of rotatable bonds is 2. The molecule has 1 saturated heterocycles. The molecule has 0 bridgehead atoms. The first kappa shape index (κ1) is 9.85. The minimum absolute atomic E-state index is 0.372. The van der Waals surface area contributed by atoms with Gasteiger partial charge in [-0.15, -0.1) is 0 Å². The zero-order valence-electron chi connectivity index (χ0n) is 9.52. The smallest absolute Gasteiger partial charge is 0.140 e. The maximum Gasteiger partial charge on any atom is 0.140 e. The lowest BCUT2D eigenvalue weighted by molar-refractivity contribution is 0.0979. The Hall–Kier alpha value is -1.35. The molecule has 0 spiro atoms. The Bertz CT molecular complexity index is 498. The van der Waals surface area contributed by atoms with Crippen LogP contribution in [0, 0.1) is 6.92 Å². The largest absolute Gasteiger partial charge is 0.376 e. The number of hydrogen-bond donors (Lipinski definition) is 0. The minimum atomic E-state index is 0.372. The molecule has 3 nitrogen and oxygen atoms in total. The van der Waals surface area contributed by atoms with Gasteiger partial charge in [-0.3, -0.25) is 0 Å². The predicted molar refractivity (Wildman–Crippen MR) is 63.4 cm³/mol. The molecule has 1 atom stereocenters. The van der Waals surface area contributed by atoms with Crippen LogP contribution in [0.25, 0.3) is 11.0 Å². The second-order valence-electron chi connectivity index (χ2n) is 4.47. The van der Waals surface area contributed by atoms with E-state index in [1.165, 1.54) is 23.8 Å². The van der Waals surface area contributed by atoms with Crippen LogP contribution in [0.5, 0.6) is 0 Å². The second kappa shape index (κ2) is 3.91. The highest BCUT2D eigenvalue weighted by atomic mass is 16.5. The second-order valence-corrected chi connectivity index (χ2v) is 4.47. The lowest BCUT2D eigenvalue weighted by Crippen LogP contribution is -2.14. The highest BCUT2D eigenvalue weighted by Crippen LogP contribution is 2.21. The number of pyridine rings is 1. The summed E-state index contributed by atoms with van der Waals surface area (Å²) < 4.78 is 7.89. The molecule has 1 aliphatic rings. The first-order valence-electron chi connectivity index (χ1n) is 5.86. The minimum Gasteiger partial charge on any atom is -0.376 e. The Morgan fingerprint density at radius 1 is 1.56 bits per heavy atom. The van der Waals surface area contributed by atoms with Gasteiger partial charge in [-0.1, -0.05) is 0 Å². The monoisotopic (exact) mass is 216 g/mol. The zero-order valence-corrected chi connectivity index (χ0v) is 9.52. The Morgan fingerprint density at radius 2 is 2.50 bits per heavy atom. The molecule has 84 valence electrons. The van der Waals surface area contributed by atoms with Crippen LogP contribution >= 0.6 is 0 Å². The average molecular weight is 216 g/mol. The van der Waals surface area contributed by atoms with E-state index in [0.717, 1.165) is 18.8 Å². The van der Waals surface area contributed by atoms with Crippen molar-refractivity contribution >= 4 is 11.0 Å². The van der Waals surface area contributed by atoms with Crippen LogP contribution in [-0.2, 0) is 11.3 Å². The first-order valence-corrected chi connectivity index (χ1v) is 5.86. The van der Waals surface area contributed by atoms with Crippen LogP contribution < -0.4 is 0 Å². The molecule has 0 aromatic carbocycles. The van der Waals surface area contributed by atoms with Gasteiger partial charge in [-0.05, 0) is 37.5 Å². The highest BCUT2D eigenvalue weighted by molar-refractivity contribution is 5.79. The van der Waals surface area contributed by atoms with Crippen molar-refractivity contribution in [3.05, 3.63) is 30.1 Å². The normalized spacial score (nSPS) is 20.7. The Morgan fingerprint density at radius 3 is 3.31 bits per heavy atom. The average Bonchev–Trinajstić information content (AvgIpc) is 2.90. The predicted octanol–water partition coefficient (Wildman–Crippen LogP) is 2.52. The molecule has 0 N–H and O–H groups in total. The number of fused-ring (bicyclic) bond motifs is 1. The molecule has 1 fully saturated rings. The first-order chi connectivity index (χ1) is 7.84. The summed E-state index contributed by atoms with van der Waals surface area (Å²) in [5.74, 6) is 0. The Balaban J connectivity index is 1.96. The Labute approximate surface area is 95.0 Å². The van der Waals surface area contributed by atoms with Crippen molar-refractivity contribution in [3.8, 4) is 0 Å². The summed E-state index contributed by atoms with van der Waals surface area (Å²) in [6.45, 7) is 3.98. The van der Waals surface area contributed by atoms with Crippen molar-refractivity contribution in [2.24, 2.45) is 0 Å². The van der Waals surface area contributed by atoms with Crippen LogP contribution in [0.4, 0.5) is 0 Å². The maximum atomic E-state index is 5.67. The molecule has 16 heavy (non-hydrogen) atoms. The number of aromatic nitrogens is 2. The van der Waals surface area contributed by atoms with Crippen molar-refractivity contribution < 1.29 is 4.74 Å². The third-order valence-corrected chi connectivity index (χ3v) is 3.26. The fourth-order valence-corrected chi connectivity index (χ4v) is 2.44. The van der Waals surface area contributed by atoms with Crippen LogP contribution in [-0.4, -0.2) is 22.3 Å². The van der Waals surface area contributed by atoms with E-state index in [0.29, 0.717) is 6.10 Å². The van der Waals surface area contributed by atoms with Crippen LogP contribution in [0.3, 0.4) is 0 Å². The van der Waals surface area contributed by atoms with Gasteiger partial charge in [0.25, 0.3) is 0 Å². The van der Waals surface area contributed by atoms with Crippen molar-refractivity contribution in [3.63, 3.8) is 0 Å². The lowest BCUT2D eigenvalue weighted by atomic mass is 10.2. The summed E-state index contributed by atoms with van der Waals surface area (Å²) in [4.78, 5) is 4.45. The summed E-state index contributed by atoms with van der Waals surface area (Å²) in [6, 6.07) is 4.12. The molecular formula is C13H16N2O. The van der Waals surface area contributed by atoms with Gasteiger partial charge in [0.1, 0.15) is 5.65 Å². The van der Waals surface area contributed by atoms with Crippen molar-refractivity contribution in [1.82, 2.24) is 9.55 Å². The summed E-state index contributed by atoms with van der Waals surface area (Å²) >= 11 is 0. The SMILES string of the molecule is Cc1cn(CC2CCCO2)c2ncccc12. The van der Waals surface area contributed by atoms with Gasteiger partial charge in [-0.25, -0.2) is 4.98 Å². The van der Waals surface area contributed by atoms with Crippen LogP contribution in [0.1, 0.15) is 18.4 Å². The highest BCUT2D eigenvalue weighted by Gasteiger charge is 2.17. The molecule has 3 heterocycles. The van der Waals surface area contributed by atoms with E-state index in [9.17, 15) is 0 Å². The fourth-order valence-electron chi connectivity index (χ4n) is 2.44. The lowest BCUT2D eigenvalue weighted by Gasteiger charge is -2.10. The molecule has 3 heteroatoms. The van der Waals surface area contributed by atoms with Crippen LogP contribution in [0.15, 0.2) is 24.5 Å². The van der Waals surface area contributed by atoms with E-state index < -0.39 is 0 Å². The third kappa shape index (κ3) is 1.61. The third-order valence-electron chi connectivity index (χ3n) is 3.26. The molecular weight excluding hydrogens is 200 g/mol. The molecule has 1 unspecified atom stereocenters. The van der Waals surface area contributed by atoms with Gasteiger partial charge in [-0.2, -0.15) is 0 Å². The van der Waals surface area contributed by atoms with Crippen molar-refractivity contribution in [1.29, 1.82) is 0 Å². The van der Waals surface area contributed by atoms with E-state index in [2.05, 4.69) is 28.7 Å². The number of nitrogens with zero attached hydrogens (tertiary/aromatic N) is 2. The van der Waals surface area contributed by atoms with Gasteiger partial charge in [0.15, 0.2) is 0 Å². The van der Waals surface area contributed by atoms with E-state index >= 15 is 0 Å².